The quantitative estimate of drug-likeness (QED) is 0.789. The summed E-state index contributed by atoms with van der Waals surface area (Å²) >= 11 is 3.34. The van der Waals surface area contributed by atoms with Crippen molar-refractivity contribution in [3.8, 4) is 5.75 Å². The summed E-state index contributed by atoms with van der Waals surface area (Å²) in [6.45, 7) is 3.31. The number of ether oxygens (including phenoxy) is 1. The molecule has 1 aromatic carbocycles. The molecule has 0 bridgehead atoms. The average Bonchev–Trinajstić information content (AvgIpc) is 2.55. The van der Waals surface area contributed by atoms with E-state index in [0.29, 0.717) is 27.1 Å². The summed E-state index contributed by atoms with van der Waals surface area (Å²) in [6, 6.07) is 5.16. The highest BCUT2D eigenvalue weighted by Gasteiger charge is 2.35. The summed E-state index contributed by atoms with van der Waals surface area (Å²) in [5.41, 5.74) is 1.46. The van der Waals surface area contributed by atoms with Crippen molar-refractivity contribution in [3.63, 3.8) is 0 Å². The molecule has 0 saturated heterocycles. The number of carbonyl (C=O) groups excluding carboxylic acids is 2. The van der Waals surface area contributed by atoms with E-state index < -0.39 is 0 Å². The number of carbonyl (C=O) groups is 2. The monoisotopic (exact) mass is 309 g/mol. The van der Waals surface area contributed by atoms with E-state index in [2.05, 4.69) is 15.9 Å². The van der Waals surface area contributed by atoms with E-state index in [-0.39, 0.29) is 11.8 Å². The lowest BCUT2D eigenvalue weighted by Gasteiger charge is -2.17. The Hall–Kier alpha value is -1.62. The van der Waals surface area contributed by atoms with Gasteiger partial charge in [0.1, 0.15) is 5.75 Å². The van der Waals surface area contributed by atoms with Crippen LogP contribution in [-0.2, 0) is 9.59 Å². The van der Waals surface area contributed by atoms with E-state index >= 15 is 0 Å². The van der Waals surface area contributed by atoms with Gasteiger partial charge in [-0.15, -0.1) is 0 Å². The van der Waals surface area contributed by atoms with Crippen molar-refractivity contribution >= 4 is 33.4 Å². The molecular weight excluding hydrogens is 298 g/mol. The summed E-state index contributed by atoms with van der Waals surface area (Å²) in [6.07, 6.45) is 0. The van der Waals surface area contributed by atoms with Gasteiger partial charge < -0.3 is 4.74 Å². The Morgan fingerprint density at radius 1 is 1.11 bits per heavy atom. The maximum absolute atomic E-state index is 12.1. The van der Waals surface area contributed by atoms with Crippen molar-refractivity contribution in [3.05, 3.63) is 33.8 Å². The van der Waals surface area contributed by atoms with Gasteiger partial charge in [-0.05, 0) is 41.9 Å². The largest absolute Gasteiger partial charge is 0.497 e. The molecular formula is C13H12BrNO3. The van der Waals surface area contributed by atoms with Crippen molar-refractivity contribution in [1.82, 2.24) is 0 Å². The summed E-state index contributed by atoms with van der Waals surface area (Å²) in [7, 11) is 1.54. The molecule has 0 atom stereocenters. The van der Waals surface area contributed by atoms with Crippen molar-refractivity contribution in [1.29, 1.82) is 0 Å². The molecule has 0 saturated carbocycles. The summed E-state index contributed by atoms with van der Waals surface area (Å²) < 4.78 is 5.78. The lowest BCUT2D eigenvalue weighted by molar-refractivity contribution is -0.120. The van der Waals surface area contributed by atoms with E-state index in [0.717, 1.165) is 4.90 Å². The summed E-state index contributed by atoms with van der Waals surface area (Å²) in [4.78, 5) is 25.3. The lowest BCUT2D eigenvalue weighted by atomic mass is 10.2. The number of rotatable bonds is 2. The van der Waals surface area contributed by atoms with Crippen LogP contribution >= 0.6 is 15.9 Å². The average molecular weight is 310 g/mol. The molecule has 0 aromatic heterocycles. The zero-order valence-corrected chi connectivity index (χ0v) is 11.9. The Labute approximate surface area is 113 Å². The molecule has 1 heterocycles. The van der Waals surface area contributed by atoms with Crippen LogP contribution in [0, 0.1) is 0 Å². The highest BCUT2D eigenvalue weighted by atomic mass is 79.9. The zero-order chi connectivity index (χ0) is 13.4. The Morgan fingerprint density at radius 3 is 2.17 bits per heavy atom. The number of nitrogens with zero attached hydrogens (tertiary/aromatic N) is 1. The molecule has 18 heavy (non-hydrogen) atoms. The molecule has 1 aliphatic heterocycles. The third-order valence-corrected chi connectivity index (χ3v) is 3.68. The van der Waals surface area contributed by atoms with Crippen LogP contribution in [0.3, 0.4) is 0 Å². The van der Waals surface area contributed by atoms with Crippen molar-refractivity contribution < 1.29 is 14.3 Å². The molecule has 4 nitrogen and oxygen atoms in total. The van der Waals surface area contributed by atoms with Gasteiger partial charge in [-0.2, -0.15) is 0 Å². The van der Waals surface area contributed by atoms with Crippen molar-refractivity contribution in [2.45, 2.75) is 13.8 Å². The molecule has 5 heteroatoms. The van der Waals surface area contributed by atoms with Crippen LogP contribution in [0.15, 0.2) is 33.8 Å². The SMILES string of the molecule is COc1ccc(Br)c(N2C(=O)C(C)=C(C)C2=O)c1. The van der Waals surface area contributed by atoms with Gasteiger partial charge in [-0.3, -0.25) is 9.59 Å². The van der Waals surface area contributed by atoms with E-state index in [9.17, 15) is 9.59 Å². The molecule has 0 N–H and O–H groups in total. The lowest BCUT2D eigenvalue weighted by Crippen LogP contribution is -2.31. The van der Waals surface area contributed by atoms with Gasteiger partial charge in [-0.1, -0.05) is 0 Å². The standard InChI is InChI=1S/C13H12BrNO3/c1-7-8(2)13(17)15(12(7)16)11-6-9(18-3)4-5-10(11)14/h4-6H,1-3H3. The number of hydrogen-bond acceptors (Lipinski definition) is 3. The second-order valence-electron chi connectivity index (χ2n) is 4.01. The van der Waals surface area contributed by atoms with Crippen LogP contribution in [-0.4, -0.2) is 18.9 Å². The Morgan fingerprint density at radius 2 is 1.67 bits per heavy atom. The van der Waals surface area contributed by atoms with E-state index in [1.54, 1.807) is 32.0 Å². The first kappa shape index (κ1) is 12.8. The van der Waals surface area contributed by atoms with Crippen LogP contribution in [0.1, 0.15) is 13.8 Å². The molecule has 1 aromatic rings. The molecule has 0 aliphatic carbocycles. The van der Waals surface area contributed by atoms with Crippen LogP contribution in [0.25, 0.3) is 0 Å². The fraction of sp³-hybridized carbons (Fsp3) is 0.231. The second kappa shape index (κ2) is 4.57. The van der Waals surface area contributed by atoms with Crippen molar-refractivity contribution in [2.75, 3.05) is 12.0 Å². The van der Waals surface area contributed by atoms with Crippen LogP contribution in [0.4, 0.5) is 5.69 Å². The normalized spacial score (nSPS) is 15.7. The van der Waals surface area contributed by atoms with Crippen LogP contribution < -0.4 is 9.64 Å². The Kier molecular flexibility index (Phi) is 3.26. The Balaban J connectivity index is 2.52. The van der Waals surface area contributed by atoms with Crippen LogP contribution in [0.2, 0.25) is 0 Å². The minimum atomic E-state index is -0.286. The van der Waals surface area contributed by atoms with Gasteiger partial charge in [0.05, 0.1) is 12.8 Å². The predicted molar refractivity (Wildman–Crippen MR) is 71.6 cm³/mol. The number of benzene rings is 1. The molecule has 94 valence electrons. The highest BCUT2D eigenvalue weighted by molar-refractivity contribution is 9.10. The van der Waals surface area contributed by atoms with E-state index in [4.69, 9.17) is 4.74 Å². The third kappa shape index (κ3) is 1.84. The van der Waals surface area contributed by atoms with Gasteiger partial charge in [0.25, 0.3) is 11.8 Å². The third-order valence-electron chi connectivity index (χ3n) is 3.00. The molecule has 0 fully saturated rings. The maximum atomic E-state index is 12.1. The van der Waals surface area contributed by atoms with Gasteiger partial charge in [0.2, 0.25) is 0 Å². The molecule has 0 radical (unpaired) electrons. The molecule has 0 unspecified atom stereocenters. The number of halogens is 1. The van der Waals surface area contributed by atoms with Gasteiger partial charge in [0, 0.05) is 21.7 Å². The number of methoxy groups -OCH3 is 1. The number of amides is 2. The first-order valence-electron chi connectivity index (χ1n) is 5.37. The summed E-state index contributed by atoms with van der Waals surface area (Å²) in [5.74, 6) is 0.0221. The van der Waals surface area contributed by atoms with Gasteiger partial charge in [0.15, 0.2) is 0 Å². The topological polar surface area (TPSA) is 46.6 Å². The zero-order valence-electron chi connectivity index (χ0n) is 10.3. The number of hydrogen-bond donors (Lipinski definition) is 0. The minimum Gasteiger partial charge on any atom is -0.497 e. The number of anilines is 1. The maximum Gasteiger partial charge on any atom is 0.261 e. The Bertz CT molecular complexity index is 554. The highest BCUT2D eigenvalue weighted by Crippen LogP contribution is 2.34. The number of imide groups is 1. The molecule has 1 aliphatic rings. The van der Waals surface area contributed by atoms with Gasteiger partial charge >= 0.3 is 0 Å². The fourth-order valence-corrected chi connectivity index (χ4v) is 2.18. The smallest absolute Gasteiger partial charge is 0.261 e. The molecule has 0 spiro atoms. The predicted octanol–water partition coefficient (Wildman–Crippen LogP) is 2.67. The minimum absolute atomic E-state index is 0.286. The first-order chi connectivity index (χ1) is 8.47. The van der Waals surface area contributed by atoms with Crippen LogP contribution in [0.5, 0.6) is 5.75 Å². The first-order valence-corrected chi connectivity index (χ1v) is 6.16. The fourth-order valence-electron chi connectivity index (χ4n) is 1.76. The van der Waals surface area contributed by atoms with Crippen molar-refractivity contribution in [2.24, 2.45) is 0 Å². The molecule has 2 amide bonds. The van der Waals surface area contributed by atoms with E-state index in [1.807, 2.05) is 0 Å². The second-order valence-corrected chi connectivity index (χ2v) is 4.87. The summed E-state index contributed by atoms with van der Waals surface area (Å²) in [5, 5.41) is 0. The van der Waals surface area contributed by atoms with E-state index in [1.165, 1.54) is 7.11 Å². The molecule has 2 rings (SSSR count). The van der Waals surface area contributed by atoms with Gasteiger partial charge in [-0.25, -0.2) is 4.90 Å².